The largest absolute Gasteiger partial charge is 0.493 e. The zero-order valence-electron chi connectivity index (χ0n) is 14.8. The lowest BCUT2D eigenvalue weighted by Gasteiger charge is -2.17. The van der Waals surface area contributed by atoms with Gasteiger partial charge in [0.25, 0.3) is 0 Å². The van der Waals surface area contributed by atoms with Crippen molar-refractivity contribution in [1.29, 1.82) is 0 Å². The van der Waals surface area contributed by atoms with Crippen LogP contribution in [0.5, 0.6) is 11.5 Å². The molecule has 1 N–H and O–H groups in total. The van der Waals surface area contributed by atoms with Gasteiger partial charge in [-0.05, 0) is 31.0 Å². The molecule has 1 aromatic carbocycles. The molecule has 0 radical (unpaired) electrons. The predicted octanol–water partition coefficient (Wildman–Crippen LogP) is 1.92. The number of rotatable bonds is 7. The smallest absolute Gasteiger partial charge is 0.161 e. The second kappa shape index (κ2) is 8.27. The van der Waals surface area contributed by atoms with Crippen molar-refractivity contribution in [2.45, 2.75) is 26.0 Å². The van der Waals surface area contributed by atoms with Gasteiger partial charge in [0.15, 0.2) is 11.5 Å². The first-order valence-electron chi connectivity index (χ1n) is 8.64. The third-order valence-electron chi connectivity index (χ3n) is 4.50. The monoisotopic (exact) mass is 343 g/mol. The topological polar surface area (TPSA) is 67.7 Å². The molecule has 2 aromatic rings. The van der Waals surface area contributed by atoms with Crippen molar-refractivity contribution < 1.29 is 14.6 Å². The number of aromatic nitrogens is 2. The maximum absolute atomic E-state index is 10.4. The van der Waals surface area contributed by atoms with Crippen molar-refractivity contribution in [1.82, 2.24) is 14.9 Å². The highest BCUT2D eigenvalue weighted by Gasteiger charge is 2.31. The number of methoxy groups -OCH3 is 1. The summed E-state index contributed by atoms with van der Waals surface area (Å²) in [6.45, 7) is 4.85. The van der Waals surface area contributed by atoms with Crippen molar-refractivity contribution in [3.8, 4) is 11.5 Å². The lowest BCUT2D eigenvalue weighted by atomic mass is 10.0. The van der Waals surface area contributed by atoms with E-state index in [9.17, 15) is 5.11 Å². The molecule has 25 heavy (non-hydrogen) atoms. The number of benzene rings is 1. The van der Waals surface area contributed by atoms with E-state index in [1.165, 1.54) is 0 Å². The van der Waals surface area contributed by atoms with Gasteiger partial charge in [0.1, 0.15) is 0 Å². The van der Waals surface area contributed by atoms with Crippen LogP contribution >= 0.6 is 0 Å². The normalized spacial score (nSPS) is 20.6. The van der Waals surface area contributed by atoms with Crippen LogP contribution in [0, 0.1) is 5.92 Å². The molecule has 1 saturated heterocycles. The Kier molecular flexibility index (Phi) is 5.83. The van der Waals surface area contributed by atoms with Crippen LogP contribution in [0.25, 0.3) is 0 Å². The van der Waals surface area contributed by atoms with Gasteiger partial charge in [0.2, 0.25) is 0 Å². The molecule has 3 rings (SSSR count). The summed E-state index contributed by atoms with van der Waals surface area (Å²) in [6, 6.07) is 6.00. The minimum atomic E-state index is -0.341. The molecule has 6 heteroatoms. The van der Waals surface area contributed by atoms with E-state index in [0.29, 0.717) is 13.2 Å². The van der Waals surface area contributed by atoms with E-state index in [2.05, 4.69) is 20.9 Å². The van der Waals surface area contributed by atoms with Gasteiger partial charge in [-0.1, -0.05) is 6.07 Å². The summed E-state index contributed by atoms with van der Waals surface area (Å²) in [5.41, 5.74) is 2.07. The summed E-state index contributed by atoms with van der Waals surface area (Å²) < 4.78 is 11.0. The van der Waals surface area contributed by atoms with E-state index in [-0.39, 0.29) is 12.0 Å². The fourth-order valence-corrected chi connectivity index (χ4v) is 3.32. The maximum atomic E-state index is 10.4. The van der Waals surface area contributed by atoms with Crippen molar-refractivity contribution in [3.05, 3.63) is 48.0 Å². The van der Waals surface area contributed by atoms with Crippen molar-refractivity contribution >= 4 is 0 Å². The molecule has 0 saturated carbocycles. The molecule has 6 nitrogen and oxygen atoms in total. The first kappa shape index (κ1) is 17.6. The third-order valence-corrected chi connectivity index (χ3v) is 4.50. The SMILES string of the molecule is CCOc1ccc(CN2C[C@@H](Cc3cnccn3)[C@H](O)C2)cc1OC. The summed E-state index contributed by atoms with van der Waals surface area (Å²) >= 11 is 0. The summed E-state index contributed by atoms with van der Waals surface area (Å²) in [6.07, 6.45) is 5.54. The summed E-state index contributed by atoms with van der Waals surface area (Å²) in [7, 11) is 1.65. The number of nitrogens with zero attached hydrogens (tertiary/aromatic N) is 3. The van der Waals surface area contributed by atoms with Crippen molar-refractivity contribution in [2.75, 3.05) is 26.8 Å². The third kappa shape index (κ3) is 4.46. The summed E-state index contributed by atoms with van der Waals surface area (Å²) in [4.78, 5) is 10.7. The number of ether oxygens (including phenoxy) is 2. The molecule has 134 valence electrons. The van der Waals surface area contributed by atoms with Crippen LogP contribution in [0.1, 0.15) is 18.2 Å². The Balaban J connectivity index is 1.62. The molecular formula is C19H25N3O3. The van der Waals surface area contributed by atoms with E-state index in [4.69, 9.17) is 9.47 Å². The molecule has 2 atom stereocenters. The molecule has 1 aliphatic heterocycles. The molecule has 1 aliphatic rings. The van der Waals surface area contributed by atoms with Crippen LogP contribution in [-0.4, -0.2) is 52.9 Å². The van der Waals surface area contributed by atoms with Gasteiger partial charge < -0.3 is 14.6 Å². The Morgan fingerprint density at radius 3 is 2.84 bits per heavy atom. The standard InChI is InChI=1S/C19H25N3O3/c1-3-25-18-5-4-14(8-19(18)24-2)11-22-12-15(17(23)13-22)9-16-10-20-6-7-21-16/h4-8,10,15,17,23H,3,9,11-13H2,1-2H3/t15-,17-/m1/s1. The van der Waals surface area contributed by atoms with E-state index in [1.54, 1.807) is 25.7 Å². The fourth-order valence-electron chi connectivity index (χ4n) is 3.32. The van der Waals surface area contributed by atoms with Gasteiger partial charge in [0, 0.05) is 44.1 Å². The van der Waals surface area contributed by atoms with Gasteiger partial charge in [0.05, 0.1) is 25.5 Å². The molecule has 0 unspecified atom stereocenters. The van der Waals surface area contributed by atoms with Crippen molar-refractivity contribution in [2.24, 2.45) is 5.92 Å². The second-order valence-corrected chi connectivity index (χ2v) is 6.34. The van der Waals surface area contributed by atoms with Crippen LogP contribution in [0.2, 0.25) is 0 Å². The Labute approximate surface area is 148 Å². The number of hydrogen-bond acceptors (Lipinski definition) is 6. The second-order valence-electron chi connectivity index (χ2n) is 6.34. The van der Waals surface area contributed by atoms with Crippen LogP contribution in [0.3, 0.4) is 0 Å². The van der Waals surface area contributed by atoms with Gasteiger partial charge in [-0.2, -0.15) is 0 Å². The van der Waals surface area contributed by atoms with Gasteiger partial charge in [-0.15, -0.1) is 0 Å². The maximum Gasteiger partial charge on any atom is 0.161 e. The summed E-state index contributed by atoms with van der Waals surface area (Å²) in [5, 5.41) is 10.4. The Morgan fingerprint density at radius 1 is 1.24 bits per heavy atom. The highest BCUT2D eigenvalue weighted by molar-refractivity contribution is 5.43. The highest BCUT2D eigenvalue weighted by atomic mass is 16.5. The molecule has 0 spiro atoms. The Bertz CT molecular complexity index is 681. The lowest BCUT2D eigenvalue weighted by Crippen LogP contribution is -2.21. The predicted molar refractivity (Wildman–Crippen MR) is 94.7 cm³/mol. The first-order valence-corrected chi connectivity index (χ1v) is 8.64. The molecule has 1 fully saturated rings. The number of hydrogen-bond donors (Lipinski definition) is 1. The minimum absolute atomic E-state index is 0.182. The lowest BCUT2D eigenvalue weighted by molar-refractivity contribution is 0.140. The van der Waals surface area contributed by atoms with E-state index >= 15 is 0 Å². The molecule has 0 aliphatic carbocycles. The van der Waals surface area contributed by atoms with Crippen LogP contribution in [0.15, 0.2) is 36.8 Å². The average molecular weight is 343 g/mol. The van der Waals surface area contributed by atoms with E-state index < -0.39 is 0 Å². The molecular weight excluding hydrogens is 318 g/mol. The van der Waals surface area contributed by atoms with Crippen LogP contribution in [-0.2, 0) is 13.0 Å². The molecule has 1 aromatic heterocycles. The first-order chi connectivity index (χ1) is 12.2. The minimum Gasteiger partial charge on any atom is -0.493 e. The molecule has 0 amide bonds. The van der Waals surface area contributed by atoms with E-state index in [1.807, 2.05) is 19.1 Å². The average Bonchev–Trinajstić information content (AvgIpc) is 2.96. The Hall–Kier alpha value is -2.18. The quantitative estimate of drug-likeness (QED) is 0.828. The van der Waals surface area contributed by atoms with Gasteiger partial charge in [-0.3, -0.25) is 14.9 Å². The van der Waals surface area contributed by atoms with Crippen LogP contribution < -0.4 is 9.47 Å². The van der Waals surface area contributed by atoms with Gasteiger partial charge >= 0.3 is 0 Å². The van der Waals surface area contributed by atoms with E-state index in [0.717, 1.165) is 42.3 Å². The zero-order valence-corrected chi connectivity index (χ0v) is 14.8. The van der Waals surface area contributed by atoms with Crippen LogP contribution in [0.4, 0.5) is 0 Å². The molecule has 2 heterocycles. The zero-order chi connectivity index (χ0) is 17.6. The number of likely N-dealkylation sites (tertiary alicyclic amines) is 1. The number of aliphatic hydroxyl groups is 1. The fraction of sp³-hybridized carbons (Fsp3) is 0.474. The highest BCUT2D eigenvalue weighted by Crippen LogP contribution is 2.29. The number of β-amino-alcohol motifs (C(OH)–C–C–N with tert-alkyl or cyclic N) is 1. The van der Waals surface area contributed by atoms with Gasteiger partial charge in [-0.25, -0.2) is 0 Å². The number of aliphatic hydroxyl groups excluding tert-OH is 1. The van der Waals surface area contributed by atoms with Crippen molar-refractivity contribution in [3.63, 3.8) is 0 Å². The Morgan fingerprint density at radius 2 is 2.12 bits per heavy atom. The summed E-state index contributed by atoms with van der Waals surface area (Å²) in [5.74, 6) is 1.69. The molecule has 0 bridgehead atoms.